The predicted octanol–water partition coefficient (Wildman–Crippen LogP) is 0.420. The van der Waals surface area contributed by atoms with E-state index in [1.165, 1.54) is 0 Å². The highest BCUT2D eigenvalue weighted by molar-refractivity contribution is 7.81. The molecule has 1 saturated heterocycles. The highest BCUT2D eigenvalue weighted by Crippen LogP contribution is 2.28. The van der Waals surface area contributed by atoms with Gasteiger partial charge in [0.1, 0.15) is 0 Å². The molecule has 1 aliphatic rings. The minimum absolute atomic E-state index is 0.00943. The van der Waals surface area contributed by atoms with Gasteiger partial charge in [-0.05, 0) is 20.3 Å². The van der Waals surface area contributed by atoms with Crippen LogP contribution >= 0.6 is 12.6 Å². The van der Waals surface area contributed by atoms with Crippen LogP contribution in [0.3, 0.4) is 0 Å². The van der Waals surface area contributed by atoms with Crippen molar-refractivity contribution in [2.75, 3.05) is 13.2 Å². The minimum atomic E-state index is -0.182. The van der Waals surface area contributed by atoms with Crippen LogP contribution in [0.5, 0.6) is 0 Å². The molecule has 0 amide bonds. The molecule has 3 nitrogen and oxygen atoms in total. The van der Waals surface area contributed by atoms with E-state index in [9.17, 15) is 0 Å². The monoisotopic (exact) mass is 205 g/mol. The molecule has 1 fully saturated rings. The van der Waals surface area contributed by atoms with E-state index in [1.807, 2.05) is 13.8 Å². The maximum absolute atomic E-state index is 8.93. The van der Waals surface area contributed by atoms with Crippen LogP contribution in [-0.2, 0) is 4.74 Å². The van der Waals surface area contributed by atoms with E-state index in [0.29, 0.717) is 6.61 Å². The van der Waals surface area contributed by atoms with Crippen LogP contribution < -0.4 is 5.73 Å². The third-order valence-corrected chi connectivity index (χ3v) is 3.01. The molecular weight excluding hydrogens is 186 g/mol. The van der Waals surface area contributed by atoms with Gasteiger partial charge >= 0.3 is 0 Å². The summed E-state index contributed by atoms with van der Waals surface area (Å²) in [5.41, 5.74) is 5.94. The lowest BCUT2D eigenvalue weighted by atomic mass is 9.89. The molecule has 1 rings (SSSR count). The number of aliphatic hydroxyl groups is 1. The van der Waals surface area contributed by atoms with E-state index < -0.39 is 0 Å². The van der Waals surface area contributed by atoms with Crippen LogP contribution in [0.1, 0.15) is 20.3 Å². The first-order valence-electron chi connectivity index (χ1n) is 4.65. The Morgan fingerprint density at radius 1 is 1.69 bits per heavy atom. The highest BCUT2D eigenvalue weighted by atomic mass is 32.1. The van der Waals surface area contributed by atoms with Crippen LogP contribution in [0.25, 0.3) is 0 Å². The average molecular weight is 205 g/mol. The Morgan fingerprint density at radius 2 is 2.31 bits per heavy atom. The Balaban J connectivity index is 2.32. The molecule has 0 saturated carbocycles. The van der Waals surface area contributed by atoms with Gasteiger partial charge in [0.25, 0.3) is 0 Å². The summed E-state index contributed by atoms with van der Waals surface area (Å²) >= 11 is 4.40. The summed E-state index contributed by atoms with van der Waals surface area (Å²) in [6.45, 7) is 4.85. The second kappa shape index (κ2) is 4.17. The van der Waals surface area contributed by atoms with Gasteiger partial charge in [0.05, 0.1) is 19.3 Å². The molecule has 0 spiro atoms. The Bertz CT molecular complexity index is 167. The Hall–Kier alpha value is 0.230. The van der Waals surface area contributed by atoms with Gasteiger partial charge in [-0.25, -0.2) is 0 Å². The molecule has 3 unspecified atom stereocenters. The molecule has 3 N–H and O–H groups in total. The van der Waals surface area contributed by atoms with E-state index in [2.05, 4.69) is 12.6 Å². The number of nitrogens with two attached hydrogens (primary N) is 1. The molecule has 13 heavy (non-hydrogen) atoms. The molecule has 1 heterocycles. The number of hydrogen-bond donors (Lipinski definition) is 3. The van der Waals surface area contributed by atoms with E-state index >= 15 is 0 Å². The van der Waals surface area contributed by atoms with Crippen molar-refractivity contribution in [3.05, 3.63) is 0 Å². The summed E-state index contributed by atoms with van der Waals surface area (Å²) in [7, 11) is 0. The van der Waals surface area contributed by atoms with Gasteiger partial charge < -0.3 is 15.6 Å². The molecule has 0 bridgehead atoms. The van der Waals surface area contributed by atoms with Crippen molar-refractivity contribution < 1.29 is 9.84 Å². The summed E-state index contributed by atoms with van der Waals surface area (Å²) in [6.07, 6.45) is 0.910. The van der Waals surface area contributed by atoms with Gasteiger partial charge in [0.2, 0.25) is 0 Å². The van der Waals surface area contributed by atoms with Crippen LogP contribution in [0.4, 0.5) is 0 Å². The van der Waals surface area contributed by atoms with E-state index in [1.54, 1.807) is 0 Å². The molecular formula is C9H19NO2S. The Morgan fingerprint density at radius 3 is 2.62 bits per heavy atom. The summed E-state index contributed by atoms with van der Waals surface area (Å²) < 4.78 is 5.14. The van der Waals surface area contributed by atoms with Gasteiger partial charge in [-0.3, -0.25) is 0 Å². The lowest BCUT2D eigenvalue weighted by molar-refractivity contribution is -0.136. The fourth-order valence-corrected chi connectivity index (χ4v) is 1.44. The number of aliphatic hydroxyl groups excluding tert-OH is 1. The molecule has 0 aliphatic carbocycles. The van der Waals surface area contributed by atoms with Crippen LogP contribution in [0, 0.1) is 5.92 Å². The molecule has 0 radical (unpaired) electrons. The fourth-order valence-electron chi connectivity index (χ4n) is 1.34. The average Bonchev–Trinajstić information content (AvgIpc) is 1.96. The quantitative estimate of drug-likeness (QED) is 0.583. The molecule has 78 valence electrons. The topological polar surface area (TPSA) is 55.5 Å². The largest absolute Gasteiger partial charge is 0.396 e. The lowest BCUT2D eigenvalue weighted by Crippen LogP contribution is -2.49. The van der Waals surface area contributed by atoms with Crippen LogP contribution in [0.15, 0.2) is 0 Å². The zero-order valence-electron chi connectivity index (χ0n) is 8.23. The predicted molar refractivity (Wildman–Crippen MR) is 56.0 cm³/mol. The van der Waals surface area contributed by atoms with Crippen molar-refractivity contribution in [1.82, 2.24) is 0 Å². The van der Waals surface area contributed by atoms with Gasteiger partial charge in [0, 0.05) is 16.7 Å². The highest BCUT2D eigenvalue weighted by Gasteiger charge is 2.35. The molecule has 0 aromatic carbocycles. The molecule has 0 aromatic heterocycles. The summed E-state index contributed by atoms with van der Waals surface area (Å²) in [5, 5.41) is 8.93. The third kappa shape index (κ3) is 2.84. The first-order valence-corrected chi connectivity index (χ1v) is 5.10. The van der Waals surface area contributed by atoms with Crippen molar-refractivity contribution in [3.8, 4) is 0 Å². The van der Waals surface area contributed by atoms with E-state index in [4.69, 9.17) is 15.6 Å². The summed E-state index contributed by atoms with van der Waals surface area (Å²) in [5.74, 6) is 0.279. The number of rotatable bonds is 4. The minimum Gasteiger partial charge on any atom is -0.396 e. The van der Waals surface area contributed by atoms with E-state index in [-0.39, 0.29) is 29.4 Å². The molecule has 4 heteroatoms. The van der Waals surface area contributed by atoms with Crippen LogP contribution in [-0.4, -0.2) is 35.2 Å². The second-order valence-electron chi connectivity index (χ2n) is 4.31. The van der Waals surface area contributed by atoms with Gasteiger partial charge in [-0.2, -0.15) is 12.6 Å². The fraction of sp³-hybridized carbons (Fsp3) is 1.00. The second-order valence-corrected chi connectivity index (χ2v) is 5.46. The maximum atomic E-state index is 8.93. The lowest BCUT2D eigenvalue weighted by Gasteiger charge is -2.39. The summed E-state index contributed by atoms with van der Waals surface area (Å²) in [4.78, 5) is 0. The molecule has 1 aliphatic heterocycles. The maximum Gasteiger partial charge on any atom is 0.0662 e. The standard InChI is InChI=1S/C9H19NO2S/c1-9(2,13)8(10)3-7-6(4-11)5-12-7/h6-8,11,13H,3-5,10H2,1-2H3. The number of hydrogen-bond acceptors (Lipinski definition) is 4. The van der Waals surface area contributed by atoms with E-state index in [0.717, 1.165) is 6.42 Å². The number of thiol groups is 1. The molecule has 0 aromatic rings. The number of ether oxygens (including phenoxy) is 1. The summed E-state index contributed by atoms with van der Waals surface area (Å²) in [6, 6.07) is 0.00943. The van der Waals surface area contributed by atoms with Crippen molar-refractivity contribution in [1.29, 1.82) is 0 Å². The van der Waals surface area contributed by atoms with Crippen molar-refractivity contribution >= 4 is 12.6 Å². The van der Waals surface area contributed by atoms with Crippen molar-refractivity contribution in [2.24, 2.45) is 11.7 Å². The normalized spacial score (nSPS) is 31.2. The zero-order valence-corrected chi connectivity index (χ0v) is 9.13. The van der Waals surface area contributed by atoms with Gasteiger partial charge in [-0.15, -0.1) is 0 Å². The first-order chi connectivity index (χ1) is 5.95. The Kier molecular flexibility index (Phi) is 3.63. The first kappa shape index (κ1) is 11.3. The molecule has 3 atom stereocenters. The Labute approximate surface area is 85.1 Å². The van der Waals surface area contributed by atoms with Gasteiger partial charge in [0.15, 0.2) is 0 Å². The smallest absolute Gasteiger partial charge is 0.0662 e. The third-order valence-electron chi connectivity index (χ3n) is 2.68. The van der Waals surface area contributed by atoms with Crippen molar-refractivity contribution in [2.45, 2.75) is 37.2 Å². The van der Waals surface area contributed by atoms with Crippen molar-refractivity contribution in [3.63, 3.8) is 0 Å². The van der Waals surface area contributed by atoms with Gasteiger partial charge in [-0.1, -0.05) is 0 Å². The van der Waals surface area contributed by atoms with Crippen LogP contribution in [0.2, 0.25) is 0 Å². The zero-order chi connectivity index (χ0) is 10.1. The SMILES string of the molecule is CC(C)(S)C(N)CC1OCC1CO.